The zero-order valence-electron chi connectivity index (χ0n) is 19.2. The van der Waals surface area contributed by atoms with Crippen LogP contribution in [0.5, 0.6) is 0 Å². The molecule has 31 heavy (non-hydrogen) atoms. The van der Waals surface area contributed by atoms with Crippen molar-refractivity contribution in [2.24, 2.45) is 11.8 Å². The van der Waals surface area contributed by atoms with Gasteiger partial charge in [-0.3, -0.25) is 0 Å². The highest BCUT2D eigenvalue weighted by molar-refractivity contribution is 7.17. The molecule has 2 aromatic rings. The van der Waals surface area contributed by atoms with Crippen LogP contribution in [0.15, 0.2) is 48.6 Å². The first-order valence-corrected chi connectivity index (χ1v) is 12.9. The predicted molar refractivity (Wildman–Crippen MR) is 136 cm³/mol. The summed E-state index contributed by atoms with van der Waals surface area (Å²) in [7, 11) is -0.253. The maximum absolute atomic E-state index is 6.46. The first-order valence-electron chi connectivity index (χ1n) is 12.1. The molecule has 0 radical (unpaired) electrons. The van der Waals surface area contributed by atoms with E-state index in [2.05, 4.69) is 69.3 Å². The predicted octanol–water partition coefficient (Wildman–Crippen LogP) is 6.04. The monoisotopic (exact) mass is 434 g/mol. The Morgan fingerprint density at radius 1 is 0.935 bits per heavy atom. The van der Waals surface area contributed by atoms with Gasteiger partial charge >= 0.3 is 7.12 Å². The van der Waals surface area contributed by atoms with Crippen LogP contribution in [0.3, 0.4) is 0 Å². The van der Waals surface area contributed by atoms with Gasteiger partial charge in [-0.15, -0.1) is 11.3 Å². The highest BCUT2D eigenvalue weighted by Crippen LogP contribution is 2.36. The molecule has 2 unspecified atom stereocenters. The lowest BCUT2D eigenvalue weighted by molar-refractivity contribution is 0.199. The van der Waals surface area contributed by atoms with E-state index in [1.807, 2.05) is 11.3 Å². The standard InChI is InChI=1S/C27H35BO2S/c1-4-6-12-18-29-28(30-19-13-7-5-2)26-20(3)21-14-8-9-15-22(21)25-23-16-10-11-17-24(23)31-27(25)26/h8-11,14-17,20-21H,4-7,12-13,18-19H2,1-3H3. The fourth-order valence-corrected chi connectivity index (χ4v) is 6.19. The van der Waals surface area contributed by atoms with Gasteiger partial charge in [-0.25, -0.2) is 0 Å². The van der Waals surface area contributed by atoms with Gasteiger partial charge in [0.15, 0.2) is 0 Å². The highest BCUT2D eigenvalue weighted by atomic mass is 32.1. The summed E-state index contributed by atoms with van der Waals surface area (Å²) in [5.41, 5.74) is 2.79. The van der Waals surface area contributed by atoms with E-state index in [-0.39, 0.29) is 7.12 Å². The largest absolute Gasteiger partial charge is 0.491 e. The van der Waals surface area contributed by atoms with Crippen LogP contribution in [0, 0.1) is 11.8 Å². The van der Waals surface area contributed by atoms with E-state index in [1.54, 1.807) is 0 Å². The lowest BCUT2D eigenvalue weighted by Crippen LogP contribution is -2.43. The number of hydrogen-bond acceptors (Lipinski definition) is 3. The molecule has 1 aromatic heterocycles. The highest BCUT2D eigenvalue weighted by Gasteiger charge is 2.37. The van der Waals surface area contributed by atoms with Gasteiger partial charge in [0.2, 0.25) is 0 Å². The van der Waals surface area contributed by atoms with Crippen LogP contribution in [0.25, 0.3) is 21.1 Å². The minimum Gasteiger partial charge on any atom is -0.407 e. The quantitative estimate of drug-likeness (QED) is 0.317. The average molecular weight is 434 g/mol. The Hall–Kier alpha value is -1.62. The molecular formula is C27H35BO2S. The minimum absolute atomic E-state index is 0.253. The van der Waals surface area contributed by atoms with E-state index in [0.29, 0.717) is 11.8 Å². The molecule has 0 aliphatic heterocycles. The lowest BCUT2D eigenvalue weighted by atomic mass is 9.63. The van der Waals surface area contributed by atoms with Crippen LogP contribution in [-0.2, 0) is 9.31 Å². The molecule has 2 aliphatic rings. The molecule has 0 saturated carbocycles. The molecule has 2 atom stereocenters. The molecule has 0 fully saturated rings. The van der Waals surface area contributed by atoms with E-state index >= 15 is 0 Å². The second kappa shape index (κ2) is 10.8. The number of rotatable bonds is 11. The minimum atomic E-state index is -0.253. The Labute approximate surface area is 191 Å². The normalized spacial score (nSPS) is 19.7. The van der Waals surface area contributed by atoms with Gasteiger partial charge in [0, 0.05) is 39.0 Å². The van der Waals surface area contributed by atoms with Gasteiger partial charge < -0.3 is 9.31 Å². The van der Waals surface area contributed by atoms with E-state index in [1.165, 1.54) is 56.6 Å². The Bertz CT molecular complexity index is 1050. The Morgan fingerprint density at radius 3 is 2.35 bits per heavy atom. The van der Waals surface area contributed by atoms with Crippen LogP contribution in [0.4, 0.5) is 0 Å². The van der Waals surface area contributed by atoms with Crippen molar-refractivity contribution in [1.29, 1.82) is 0 Å². The van der Waals surface area contributed by atoms with Gasteiger partial charge in [-0.1, -0.05) is 89.0 Å². The number of fused-ring (bicyclic) bond motifs is 4. The van der Waals surface area contributed by atoms with Crippen LogP contribution in [0.1, 0.15) is 59.3 Å². The van der Waals surface area contributed by atoms with Crippen LogP contribution >= 0.6 is 11.3 Å². The SMILES string of the molecule is CCCCCOB(OCCCCC)C1=c2sc3ccccc3c2=C2C=CC=CC2C1C. The van der Waals surface area contributed by atoms with Gasteiger partial charge in [-0.2, -0.15) is 0 Å². The third kappa shape index (κ3) is 4.77. The molecule has 2 aliphatic carbocycles. The Balaban J connectivity index is 1.82. The van der Waals surface area contributed by atoms with Crippen LogP contribution < -0.4 is 9.75 Å². The first-order chi connectivity index (χ1) is 15.3. The van der Waals surface area contributed by atoms with Crippen molar-refractivity contribution in [3.05, 3.63) is 58.3 Å². The molecule has 0 spiro atoms. The number of hydrogen-bond donors (Lipinski definition) is 0. The second-order valence-corrected chi connectivity index (χ2v) is 9.81. The maximum atomic E-state index is 6.46. The molecule has 0 bridgehead atoms. The second-order valence-electron chi connectivity index (χ2n) is 8.76. The number of allylic oxidation sites excluding steroid dienone is 4. The van der Waals surface area contributed by atoms with Crippen molar-refractivity contribution in [2.45, 2.75) is 59.3 Å². The lowest BCUT2D eigenvalue weighted by Gasteiger charge is -2.31. The summed E-state index contributed by atoms with van der Waals surface area (Å²) in [5.74, 6) is 0.741. The van der Waals surface area contributed by atoms with Crippen molar-refractivity contribution >= 4 is 39.6 Å². The maximum Gasteiger partial charge on any atom is 0.491 e. The third-order valence-electron chi connectivity index (χ3n) is 6.53. The number of unbranched alkanes of at least 4 members (excludes halogenated alkanes) is 4. The topological polar surface area (TPSA) is 18.5 Å². The summed E-state index contributed by atoms with van der Waals surface area (Å²) < 4.78 is 15.6. The first kappa shape index (κ1) is 22.6. The van der Waals surface area contributed by atoms with E-state index in [9.17, 15) is 0 Å². The van der Waals surface area contributed by atoms with E-state index < -0.39 is 0 Å². The third-order valence-corrected chi connectivity index (χ3v) is 7.75. The van der Waals surface area contributed by atoms with Crippen LogP contribution in [-0.4, -0.2) is 20.3 Å². The molecule has 164 valence electrons. The average Bonchev–Trinajstić information content (AvgIpc) is 3.18. The zero-order valence-corrected chi connectivity index (χ0v) is 20.0. The van der Waals surface area contributed by atoms with E-state index in [4.69, 9.17) is 9.31 Å². The molecule has 4 heteroatoms. The summed E-state index contributed by atoms with van der Waals surface area (Å²) >= 11 is 1.91. The zero-order chi connectivity index (χ0) is 21.6. The van der Waals surface area contributed by atoms with Gasteiger partial charge in [0.25, 0.3) is 0 Å². The van der Waals surface area contributed by atoms with Crippen molar-refractivity contribution < 1.29 is 9.31 Å². The molecule has 1 heterocycles. The molecule has 0 N–H and O–H groups in total. The van der Waals surface area contributed by atoms with Crippen molar-refractivity contribution in [1.82, 2.24) is 0 Å². The molecular weight excluding hydrogens is 399 g/mol. The Kier molecular flexibility index (Phi) is 7.87. The van der Waals surface area contributed by atoms with Crippen LogP contribution in [0.2, 0.25) is 0 Å². The molecule has 1 aromatic carbocycles. The fraction of sp³-hybridized carbons (Fsp3) is 0.481. The summed E-state index contributed by atoms with van der Waals surface area (Å²) in [5, 5.41) is 2.76. The summed E-state index contributed by atoms with van der Waals surface area (Å²) in [6.45, 7) is 8.36. The smallest absolute Gasteiger partial charge is 0.407 e. The summed E-state index contributed by atoms with van der Waals surface area (Å²) in [4.78, 5) is 0. The Morgan fingerprint density at radius 2 is 1.65 bits per heavy atom. The summed E-state index contributed by atoms with van der Waals surface area (Å²) in [6, 6.07) is 8.82. The fourth-order valence-electron chi connectivity index (χ4n) is 4.81. The molecule has 0 amide bonds. The van der Waals surface area contributed by atoms with Crippen molar-refractivity contribution in [3.63, 3.8) is 0 Å². The van der Waals surface area contributed by atoms with Gasteiger partial charge in [0.05, 0.1) is 0 Å². The number of benzene rings is 1. The number of thiophene rings is 1. The molecule has 4 rings (SSSR count). The molecule has 2 nitrogen and oxygen atoms in total. The van der Waals surface area contributed by atoms with Gasteiger partial charge in [0.1, 0.15) is 0 Å². The molecule has 0 saturated heterocycles. The van der Waals surface area contributed by atoms with Gasteiger partial charge in [-0.05, 0) is 35.9 Å². The van der Waals surface area contributed by atoms with Crippen molar-refractivity contribution in [3.8, 4) is 0 Å². The summed E-state index contributed by atoms with van der Waals surface area (Å²) in [6.07, 6.45) is 16.1. The van der Waals surface area contributed by atoms with Crippen molar-refractivity contribution in [2.75, 3.05) is 13.2 Å². The van der Waals surface area contributed by atoms with E-state index in [0.717, 1.165) is 26.1 Å².